The molecule has 7 nitrogen and oxygen atoms in total. The molecule has 3 aromatic rings. The molecule has 3 aromatic heterocycles. The van der Waals surface area contributed by atoms with E-state index in [1.54, 1.807) is 13.0 Å². The van der Waals surface area contributed by atoms with Gasteiger partial charge in [-0.25, -0.2) is 0 Å². The van der Waals surface area contributed by atoms with Crippen LogP contribution in [0.2, 0.25) is 5.15 Å². The number of aromatic nitrogens is 5. The van der Waals surface area contributed by atoms with Crippen molar-refractivity contribution in [2.45, 2.75) is 45.5 Å². The number of H-pyrrole nitrogens is 1. The number of alkyl halides is 6. The lowest BCUT2D eigenvalue weighted by Gasteiger charge is -2.08. The second-order valence-corrected chi connectivity index (χ2v) is 8.03. The monoisotopic (exact) mass is 523 g/mol. The van der Waals surface area contributed by atoms with Gasteiger partial charge in [0.25, 0.3) is 0 Å². The van der Waals surface area contributed by atoms with Crippen LogP contribution in [0.15, 0.2) is 29.2 Å². The fourth-order valence-corrected chi connectivity index (χ4v) is 3.28. The Morgan fingerprint density at radius 1 is 1.11 bits per heavy atom. The van der Waals surface area contributed by atoms with Crippen molar-refractivity contribution in [1.82, 2.24) is 25.0 Å². The van der Waals surface area contributed by atoms with E-state index in [9.17, 15) is 35.9 Å². The summed E-state index contributed by atoms with van der Waals surface area (Å²) in [6, 6.07) is 4.41. The van der Waals surface area contributed by atoms with Gasteiger partial charge in [0, 0.05) is 39.1 Å². The van der Waals surface area contributed by atoms with E-state index in [1.807, 2.05) is 0 Å². The Balaban J connectivity index is 0.000000784. The molecule has 0 unspecified atom stereocenters. The van der Waals surface area contributed by atoms with E-state index in [4.69, 9.17) is 11.6 Å². The summed E-state index contributed by atoms with van der Waals surface area (Å²) in [5.74, 6) is -0.133. The molecule has 0 radical (unpaired) electrons. The van der Waals surface area contributed by atoms with E-state index < -0.39 is 23.6 Å². The first-order valence-corrected chi connectivity index (χ1v) is 10.3. The Morgan fingerprint density at radius 2 is 1.74 bits per heavy atom. The average molecular weight is 524 g/mol. The SMILES string of the molecule is CC(F)(F)F.Cc1cc(CCC(=O)Cc2cc(Cl)[nH]c(=O)c2)nnc1-c1cn(C)nc1C(F)(F)F. The summed E-state index contributed by atoms with van der Waals surface area (Å²) in [7, 11) is 1.40. The molecular formula is C21H20ClF6N5O2. The number of halogens is 7. The fraction of sp³-hybridized carbons (Fsp3) is 0.381. The zero-order valence-corrected chi connectivity index (χ0v) is 19.4. The number of hydrogen-bond acceptors (Lipinski definition) is 5. The van der Waals surface area contributed by atoms with E-state index in [0.29, 0.717) is 16.8 Å². The lowest BCUT2D eigenvalue weighted by Crippen LogP contribution is -2.11. The highest BCUT2D eigenvalue weighted by atomic mass is 35.5. The van der Waals surface area contributed by atoms with Crippen LogP contribution in [0.3, 0.4) is 0 Å². The van der Waals surface area contributed by atoms with Gasteiger partial charge in [0.2, 0.25) is 5.56 Å². The number of nitrogens with zero attached hydrogens (tertiary/aromatic N) is 4. The van der Waals surface area contributed by atoms with Crippen molar-refractivity contribution in [2.75, 3.05) is 0 Å². The number of ketones is 1. The van der Waals surface area contributed by atoms with Gasteiger partial charge in [-0.1, -0.05) is 11.6 Å². The number of aromatic amines is 1. The first-order chi connectivity index (χ1) is 16.0. The smallest absolute Gasteiger partial charge is 0.313 e. The van der Waals surface area contributed by atoms with Gasteiger partial charge >= 0.3 is 12.4 Å². The molecule has 0 aliphatic heterocycles. The van der Waals surface area contributed by atoms with Crippen LogP contribution in [0, 0.1) is 6.92 Å². The van der Waals surface area contributed by atoms with Crippen molar-refractivity contribution >= 4 is 17.4 Å². The first-order valence-electron chi connectivity index (χ1n) is 9.94. The average Bonchev–Trinajstić information content (AvgIpc) is 3.06. The van der Waals surface area contributed by atoms with Crippen molar-refractivity contribution in [3.05, 3.63) is 62.4 Å². The van der Waals surface area contributed by atoms with Gasteiger partial charge in [0.05, 0.1) is 17.0 Å². The molecule has 0 aromatic carbocycles. The van der Waals surface area contributed by atoms with Gasteiger partial charge in [0.1, 0.15) is 10.9 Å². The third-order valence-corrected chi connectivity index (χ3v) is 4.52. The molecule has 0 fully saturated rings. The number of Topliss-reactive ketones (excluding diaryl/α,β-unsaturated/α-hetero) is 1. The quantitative estimate of drug-likeness (QED) is 0.368. The van der Waals surface area contributed by atoms with Gasteiger partial charge in [-0.05, 0) is 36.6 Å². The van der Waals surface area contributed by atoms with Crippen LogP contribution in [0.5, 0.6) is 0 Å². The normalized spacial score (nSPS) is 11.7. The Kier molecular flexibility index (Phi) is 8.82. The zero-order chi connectivity index (χ0) is 26.6. The van der Waals surface area contributed by atoms with Crippen LogP contribution in [-0.4, -0.2) is 36.9 Å². The lowest BCUT2D eigenvalue weighted by atomic mass is 10.0. The van der Waals surface area contributed by atoms with E-state index in [-0.39, 0.29) is 48.4 Å². The largest absolute Gasteiger partial charge is 0.435 e. The maximum atomic E-state index is 13.2. The predicted octanol–water partition coefficient (Wildman–Crippen LogP) is 4.86. The van der Waals surface area contributed by atoms with E-state index in [1.165, 1.54) is 25.4 Å². The second-order valence-electron chi connectivity index (χ2n) is 7.63. The lowest BCUT2D eigenvalue weighted by molar-refractivity contribution is -0.141. The number of carbonyl (C=O) groups is 1. The van der Waals surface area contributed by atoms with Crippen LogP contribution in [0.1, 0.15) is 35.9 Å². The first kappa shape index (κ1) is 28.0. The van der Waals surface area contributed by atoms with Crippen LogP contribution in [0.4, 0.5) is 26.3 Å². The minimum atomic E-state index is -4.61. The molecule has 0 aliphatic carbocycles. The zero-order valence-electron chi connectivity index (χ0n) is 18.7. The molecule has 35 heavy (non-hydrogen) atoms. The van der Waals surface area contributed by atoms with E-state index >= 15 is 0 Å². The topological polar surface area (TPSA) is 93.5 Å². The molecule has 14 heteroatoms. The van der Waals surface area contributed by atoms with Crippen molar-refractivity contribution in [1.29, 1.82) is 0 Å². The van der Waals surface area contributed by atoms with Gasteiger partial charge in [-0.2, -0.15) is 36.5 Å². The van der Waals surface area contributed by atoms with Crippen LogP contribution in [0.25, 0.3) is 11.3 Å². The molecule has 0 saturated heterocycles. The number of rotatable bonds is 6. The summed E-state index contributed by atoms with van der Waals surface area (Å²) in [5.41, 5.74) is -0.00811. The second kappa shape index (κ2) is 11.0. The number of pyridine rings is 1. The van der Waals surface area contributed by atoms with Crippen LogP contribution >= 0.6 is 11.6 Å². The highest BCUT2D eigenvalue weighted by Crippen LogP contribution is 2.36. The standard InChI is InChI=1S/C19H17ClF3N5O2.C2H3F3/c1-10-5-12(3-4-13(29)6-11-7-15(20)24-16(30)8-11)25-26-17(10)14-9-28(2)27-18(14)19(21,22)23;1-2(3,4)5/h5,7-9H,3-4,6H2,1-2H3,(H,24,30);1H3. The Morgan fingerprint density at radius 3 is 2.29 bits per heavy atom. The summed E-state index contributed by atoms with van der Waals surface area (Å²) in [6.07, 6.45) is -6.92. The van der Waals surface area contributed by atoms with Gasteiger partial charge in [0.15, 0.2) is 5.69 Å². The number of aryl methyl sites for hydroxylation is 3. The maximum absolute atomic E-state index is 13.2. The molecule has 190 valence electrons. The highest BCUT2D eigenvalue weighted by molar-refractivity contribution is 6.29. The molecule has 0 aliphatic rings. The molecule has 0 spiro atoms. The van der Waals surface area contributed by atoms with Gasteiger partial charge < -0.3 is 4.98 Å². The highest BCUT2D eigenvalue weighted by Gasteiger charge is 2.38. The third kappa shape index (κ3) is 9.15. The van der Waals surface area contributed by atoms with Crippen LogP contribution < -0.4 is 5.56 Å². The minimum Gasteiger partial charge on any atom is -0.313 e. The number of hydrogen-bond donors (Lipinski definition) is 1. The van der Waals surface area contributed by atoms with Gasteiger partial charge in [-0.15, -0.1) is 5.10 Å². The molecule has 3 heterocycles. The molecule has 0 atom stereocenters. The molecule has 3 rings (SSSR count). The Labute approximate surface area is 200 Å². The van der Waals surface area contributed by atoms with Crippen molar-refractivity contribution in [3.63, 3.8) is 0 Å². The molecule has 0 saturated carbocycles. The predicted molar refractivity (Wildman–Crippen MR) is 115 cm³/mol. The fourth-order valence-electron chi connectivity index (χ4n) is 3.05. The summed E-state index contributed by atoms with van der Waals surface area (Å²) >= 11 is 5.77. The number of nitrogens with one attached hydrogen (secondary N) is 1. The molecular weight excluding hydrogens is 504 g/mol. The summed E-state index contributed by atoms with van der Waals surface area (Å²) in [6.45, 7) is 1.81. The van der Waals surface area contributed by atoms with Gasteiger partial charge in [-0.3, -0.25) is 14.3 Å². The summed E-state index contributed by atoms with van der Waals surface area (Å²) in [5, 5.41) is 11.5. The summed E-state index contributed by atoms with van der Waals surface area (Å²) < 4.78 is 71.8. The van der Waals surface area contributed by atoms with E-state index in [2.05, 4.69) is 20.3 Å². The molecule has 0 bridgehead atoms. The Hall–Kier alpha value is -3.22. The van der Waals surface area contributed by atoms with Crippen molar-refractivity contribution in [2.24, 2.45) is 7.05 Å². The summed E-state index contributed by atoms with van der Waals surface area (Å²) in [4.78, 5) is 26.0. The van der Waals surface area contributed by atoms with E-state index in [0.717, 1.165) is 4.68 Å². The molecule has 0 amide bonds. The maximum Gasteiger partial charge on any atom is 0.435 e. The van der Waals surface area contributed by atoms with Crippen molar-refractivity contribution < 1.29 is 31.1 Å². The van der Waals surface area contributed by atoms with Crippen LogP contribution in [-0.2, 0) is 30.9 Å². The van der Waals surface area contributed by atoms with Crippen molar-refractivity contribution in [3.8, 4) is 11.3 Å². The number of carbonyl (C=O) groups excluding carboxylic acids is 1. The molecule has 1 N–H and O–H groups in total. The Bertz CT molecular complexity index is 1240. The third-order valence-electron chi connectivity index (χ3n) is 4.32. The minimum absolute atomic E-state index is 0.0404.